The van der Waals surface area contributed by atoms with E-state index in [1.807, 2.05) is 54.2 Å². The van der Waals surface area contributed by atoms with Crippen molar-refractivity contribution in [1.29, 1.82) is 0 Å². The lowest BCUT2D eigenvalue weighted by Crippen LogP contribution is -2.42. The SMILES string of the molecule is CN(C)C(C(=O)N1CCCNCC1)c1ccccc1. The van der Waals surface area contributed by atoms with Gasteiger partial charge in [0.15, 0.2) is 0 Å². The highest BCUT2D eigenvalue weighted by atomic mass is 16.2. The van der Waals surface area contributed by atoms with E-state index in [1.165, 1.54) is 0 Å². The van der Waals surface area contributed by atoms with Crippen LogP contribution in [-0.4, -0.2) is 56.0 Å². The van der Waals surface area contributed by atoms with E-state index >= 15 is 0 Å². The second-order valence-corrected chi connectivity index (χ2v) is 5.21. The molecule has 0 saturated carbocycles. The summed E-state index contributed by atoms with van der Waals surface area (Å²) in [6.45, 7) is 3.54. The minimum Gasteiger partial charge on any atom is -0.340 e. The Kier molecular flexibility index (Phi) is 4.93. The van der Waals surface area contributed by atoms with E-state index in [0.717, 1.165) is 38.2 Å². The number of amides is 1. The topological polar surface area (TPSA) is 35.6 Å². The normalized spacial score (nSPS) is 18.2. The highest BCUT2D eigenvalue weighted by Crippen LogP contribution is 2.21. The second-order valence-electron chi connectivity index (χ2n) is 5.21. The zero-order valence-electron chi connectivity index (χ0n) is 11.8. The number of carbonyl (C=O) groups excluding carboxylic acids is 1. The maximum absolute atomic E-state index is 12.7. The number of hydrogen-bond donors (Lipinski definition) is 1. The van der Waals surface area contributed by atoms with Gasteiger partial charge in [0.2, 0.25) is 5.91 Å². The summed E-state index contributed by atoms with van der Waals surface area (Å²) in [5, 5.41) is 3.33. The summed E-state index contributed by atoms with van der Waals surface area (Å²) < 4.78 is 0. The van der Waals surface area contributed by atoms with Crippen molar-refractivity contribution in [3.63, 3.8) is 0 Å². The Morgan fingerprint density at radius 1 is 1.21 bits per heavy atom. The number of nitrogens with zero attached hydrogens (tertiary/aromatic N) is 2. The van der Waals surface area contributed by atoms with Crippen molar-refractivity contribution in [2.45, 2.75) is 12.5 Å². The first-order valence-corrected chi connectivity index (χ1v) is 6.91. The van der Waals surface area contributed by atoms with Gasteiger partial charge < -0.3 is 10.2 Å². The molecule has 0 aromatic heterocycles. The first kappa shape index (κ1) is 14.0. The third-order valence-corrected chi connectivity index (χ3v) is 3.52. The van der Waals surface area contributed by atoms with Crippen LogP contribution in [0, 0.1) is 0 Å². The molecule has 0 spiro atoms. The number of carbonyl (C=O) groups is 1. The molecule has 0 aliphatic carbocycles. The van der Waals surface area contributed by atoms with E-state index in [2.05, 4.69) is 5.32 Å². The molecule has 2 rings (SSSR count). The average molecular weight is 261 g/mol. The Morgan fingerprint density at radius 2 is 1.95 bits per heavy atom. The molecule has 1 aliphatic rings. The summed E-state index contributed by atoms with van der Waals surface area (Å²) >= 11 is 0. The highest BCUT2D eigenvalue weighted by Gasteiger charge is 2.27. The first-order valence-electron chi connectivity index (χ1n) is 6.91. The zero-order valence-corrected chi connectivity index (χ0v) is 11.8. The number of rotatable bonds is 3. The molecule has 1 aromatic rings. The van der Waals surface area contributed by atoms with Gasteiger partial charge >= 0.3 is 0 Å². The van der Waals surface area contributed by atoms with Gasteiger partial charge in [-0.25, -0.2) is 0 Å². The second kappa shape index (κ2) is 6.68. The zero-order chi connectivity index (χ0) is 13.7. The molecule has 19 heavy (non-hydrogen) atoms. The monoisotopic (exact) mass is 261 g/mol. The summed E-state index contributed by atoms with van der Waals surface area (Å²) in [4.78, 5) is 16.7. The van der Waals surface area contributed by atoms with E-state index in [9.17, 15) is 4.79 Å². The largest absolute Gasteiger partial charge is 0.340 e. The van der Waals surface area contributed by atoms with Crippen molar-refractivity contribution in [3.8, 4) is 0 Å². The standard InChI is InChI=1S/C15H23N3O/c1-17(2)14(13-7-4-3-5-8-13)15(19)18-11-6-9-16-10-12-18/h3-5,7-8,14,16H,6,9-12H2,1-2H3. The fraction of sp³-hybridized carbons (Fsp3) is 0.533. The van der Waals surface area contributed by atoms with Gasteiger partial charge in [0.1, 0.15) is 6.04 Å². The fourth-order valence-electron chi connectivity index (χ4n) is 2.54. The quantitative estimate of drug-likeness (QED) is 0.885. The van der Waals surface area contributed by atoms with Crippen LogP contribution in [0.5, 0.6) is 0 Å². The number of likely N-dealkylation sites (N-methyl/N-ethyl adjacent to an activating group) is 1. The average Bonchev–Trinajstić information content (AvgIpc) is 2.68. The van der Waals surface area contributed by atoms with E-state index in [4.69, 9.17) is 0 Å². The molecule has 1 aliphatic heterocycles. The molecular weight excluding hydrogens is 238 g/mol. The van der Waals surface area contributed by atoms with Crippen molar-refractivity contribution in [1.82, 2.24) is 15.1 Å². The van der Waals surface area contributed by atoms with Gasteiger partial charge in [0.05, 0.1) is 0 Å². The van der Waals surface area contributed by atoms with Gasteiger partial charge in [-0.05, 0) is 32.6 Å². The summed E-state index contributed by atoms with van der Waals surface area (Å²) in [5.41, 5.74) is 1.06. The van der Waals surface area contributed by atoms with Crippen LogP contribution in [0.3, 0.4) is 0 Å². The van der Waals surface area contributed by atoms with Crippen LogP contribution in [0.2, 0.25) is 0 Å². The highest BCUT2D eigenvalue weighted by molar-refractivity contribution is 5.83. The van der Waals surface area contributed by atoms with E-state index in [0.29, 0.717) is 0 Å². The lowest BCUT2D eigenvalue weighted by molar-refractivity contribution is -0.136. The van der Waals surface area contributed by atoms with E-state index in [-0.39, 0.29) is 11.9 Å². The predicted octanol–water partition coefficient (Wildman–Crippen LogP) is 1.11. The van der Waals surface area contributed by atoms with Crippen LogP contribution < -0.4 is 5.32 Å². The van der Waals surface area contributed by atoms with Crippen molar-refractivity contribution in [3.05, 3.63) is 35.9 Å². The molecule has 0 bridgehead atoms. The summed E-state index contributed by atoms with van der Waals surface area (Å²) in [6, 6.07) is 9.83. The molecule has 1 saturated heterocycles. The molecule has 4 nitrogen and oxygen atoms in total. The van der Waals surface area contributed by atoms with E-state index < -0.39 is 0 Å². The Labute approximate surface area is 115 Å². The maximum Gasteiger partial charge on any atom is 0.244 e. The molecule has 1 amide bonds. The maximum atomic E-state index is 12.7. The molecule has 1 aromatic carbocycles. The number of nitrogens with one attached hydrogen (secondary N) is 1. The van der Waals surface area contributed by atoms with Crippen molar-refractivity contribution in [2.75, 3.05) is 40.3 Å². The lowest BCUT2D eigenvalue weighted by atomic mass is 10.0. The van der Waals surface area contributed by atoms with Crippen LogP contribution in [0.15, 0.2) is 30.3 Å². The molecule has 1 unspecified atom stereocenters. The van der Waals surface area contributed by atoms with Gasteiger partial charge in [-0.2, -0.15) is 0 Å². The first-order chi connectivity index (χ1) is 9.20. The van der Waals surface area contributed by atoms with Crippen LogP contribution in [0.4, 0.5) is 0 Å². The van der Waals surface area contributed by atoms with Crippen molar-refractivity contribution < 1.29 is 4.79 Å². The van der Waals surface area contributed by atoms with Crippen LogP contribution in [0.1, 0.15) is 18.0 Å². The van der Waals surface area contributed by atoms with Gasteiger partial charge in [-0.15, -0.1) is 0 Å². The summed E-state index contributed by atoms with van der Waals surface area (Å²) in [6.07, 6.45) is 1.03. The van der Waals surface area contributed by atoms with Crippen molar-refractivity contribution in [2.24, 2.45) is 0 Å². The van der Waals surface area contributed by atoms with Crippen LogP contribution in [0.25, 0.3) is 0 Å². The molecule has 1 N–H and O–H groups in total. The molecule has 1 heterocycles. The Hall–Kier alpha value is -1.39. The fourth-order valence-corrected chi connectivity index (χ4v) is 2.54. The molecular formula is C15H23N3O. The Bertz CT molecular complexity index is 397. The van der Waals surface area contributed by atoms with Gasteiger partial charge in [-0.3, -0.25) is 9.69 Å². The minimum atomic E-state index is -0.181. The van der Waals surface area contributed by atoms with Crippen LogP contribution in [-0.2, 0) is 4.79 Å². The lowest BCUT2D eigenvalue weighted by Gasteiger charge is -2.30. The molecule has 4 heteroatoms. The van der Waals surface area contributed by atoms with Crippen LogP contribution >= 0.6 is 0 Å². The number of benzene rings is 1. The Balaban J connectivity index is 2.16. The van der Waals surface area contributed by atoms with Gasteiger partial charge in [0.25, 0.3) is 0 Å². The molecule has 1 fully saturated rings. The summed E-state index contributed by atoms with van der Waals surface area (Å²) in [7, 11) is 3.93. The number of hydrogen-bond acceptors (Lipinski definition) is 3. The Morgan fingerprint density at radius 3 is 2.63 bits per heavy atom. The van der Waals surface area contributed by atoms with E-state index in [1.54, 1.807) is 0 Å². The summed E-state index contributed by atoms with van der Waals surface area (Å²) in [5.74, 6) is 0.208. The predicted molar refractivity (Wildman–Crippen MR) is 76.9 cm³/mol. The third-order valence-electron chi connectivity index (χ3n) is 3.52. The third kappa shape index (κ3) is 3.55. The van der Waals surface area contributed by atoms with Gasteiger partial charge in [-0.1, -0.05) is 30.3 Å². The smallest absolute Gasteiger partial charge is 0.244 e. The molecule has 0 radical (unpaired) electrons. The molecule has 1 atom stereocenters. The van der Waals surface area contributed by atoms with Gasteiger partial charge in [0, 0.05) is 19.6 Å². The molecule has 104 valence electrons. The van der Waals surface area contributed by atoms with Crippen molar-refractivity contribution >= 4 is 5.91 Å². The minimum absolute atomic E-state index is 0.181.